The summed E-state index contributed by atoms with van der Waals surface area (Å²) in [6, 6.07) is 4.28. The molecule has 0 aromatic heterocycles. The van der Waals surface area contributed by atoms with Crippen molar-refractivity contribution < 1.29 is 41.1 Å². The van der Waals surface area contributed by atoms with Gasteiger partial charge in [0.05, 0.1) is 27.2 Å². The number of allylic oxidation sites excluding steroid dienone is 2. The maximum atomic E-state index is 13.9. The van der Waals surface area contributed by atoms with Gasteiger partial charge < -0.3 is 10.6 Å². The number of amides is 2. The van der Waals surface area contributed by atoms with Crippen molar-refractivity contribution in [3.63, 3.8) is 0 Å². The fourth-order valence-corrected chi connectivity index (χ4v) is 8.73. The second kappa shape index (κ2) is 12.0. The highest BCUT2D eigenvalue weighted by atomic mass is 79.9. The van der Waals surface area contributed by atoms with Gasteiger partial charge in [0.15, 0.2) is 11.8 Å². The lowest BCUT2D eigenvalue weighted by Crippen LogP contribution is -2.68. The van der Waals surface area contributed by atoms with Crippen LogP contribution in [-0.4, -0.2) is 68.8 Å². The van der Waals surface area contributed by atoms with Crippen LogP contribution in [-0.2, 0) is 38.7 Å². The first-order valence-electron chi connectivity index (χ1n) is 14.8. The van der Waals surface area contributed by atoms with Crippen molar-refractivity contribution in [1.82, 2.24) is 9.62 Å². The van der Waals surface area contributed by atoms with Gasteiger partial charge in [-0.15, -0.1) is 0 Å². The van der Waals surface area contributed by atoms with Crippen LogP contribution >= 0.6 is 15.9 Å². The van der Waals surface area contributed by atoms with E-state index in [1.165, 1.54) is 17.0 Å². The molecule has 2 saturated carbocycles. The number of ketones is 1. The lowest BCUT2D eigenvalue weighted by Gasteiger charge is -2.26. The Morgan fingerprint density at radius 3 is 2.47 bits per heavy atom. The molecule has 4 N–H and O–H groups in total. The number of quaternary nitrogens is 1. The average Bonchev–Trinajstić information content (AvgIpc) is 3.82. The van der Waals surface area contributed by atoms with Gasteiger partial charge in [-0.3, -0.25) is 23.3 Å². The van der Waals surface area contributed by atoms with Crippen LogP contribution in [0.25, 0.3) is 0 Å². The number of rotatable bonds is 6. The summed E-state index contributed by atoms with van der Waals surface area (Å²) < 4.78 is 59.4. The molecule has 236 valence electrons. The van der Waals surface area contributed by atoms with Crippen molar-refractivity contribution in [3.05, 3.63) is 40.9 Å². The molecule has 0 radical (unpaired) electrons. The van der Waals surface area contributed by atoms with Crippen LogP contribution in [0.1, 0.15) is 71.1 Å². The van der Waals surface area contributed by atoms with Crippen molar-refractivity contribution in [2.24, 2.45) is 11.3 Å². The lowest BCUT2D eigenvalue weighted by atomic mass is 9.91. The highest BCUT2D eigenvalue weighted by Gasteiger charge is 2.62. The van der Waals surface area contributed by atoms with Crippen LogP contribution in [0.5, 0.6) is 0 Å². The molecule has 2 amide bonds. The van der Waals surface area contributed by atoms with E-state index in [1.54, 1.807) is 19.1 Å². The SMILES string of the molecule is CC1(S(=O)(=O)NC(=O)[C@]23CC(=O)[C@@H]4C[C@H](OS(=O)(=O)c5ccc(Br)cc5)CN4C(=O)[C@@H]([NH3+])CCCCC/C=C\[C@H]2C3)CC1. The van der Waals surface area contributed by atoms with Gasteiger partial charge in [-0.05, 0) is 75.6 Å². The molecule has 0 unspecified atom stereocenters. The summed E-state index contributed by atoms with van der Waals surface area (Å²) >= 11 is 3.28. The van der Waals surface area contributed by atoms with E-state index < -0.39 is 60.2 Å². The van der Waals surface area contributed by atoms with Gasteiger partial charge >= 0.3 is 0 Å². The Kier molecular flexibility index (Phi) is 9.00. The molecule has 0 spiro atoms. The monoisotopic (exact) mass is 700 g/mol. The normalized spacial score (nSPS) is 32.1. The Morgan fingerprint density at radius 1 is 1.09 bits per heavy atom. The highest BCUT2D eigenvalue weighted by molar-refractivity contribution is 9.10. The van der Waals surface area contributed by atoms with Crippen LogP contribution in [0.2, 0.25) is 0 Å². The van der Waals surface area contributed by atoms with Crippen molar-refractivity contribution >= 4 is 53.7 Å². The number of sulfonamides is 1. The summed E-state index contributed by atoms with van der Waals surface area (Å²) in [5, 5.41) is 0. The number of halogens is 1. The van der Waals surface area contributed by atoms with E-state index >= 15 is 0 Å². The van der Waals surface area contributed by atoms with E-state index in [-0.39, 0.29) is 36.1 Å². The minimum atomic E-state index is -4.19. The standard InChI is InChI=1S/C29H38BrN3O8S2/c1-28(13-14-28)43(39,40)32-27(36)29-16-19(29)7-5-3-2-4-6-8-23(31)26(35)33-18-21(15-24(33)25(34)17-29)41-42(37,38)22-11-9-20(30)10-12-22/h5,7,9-12,19,21,23-24H,2-4,6,8,13-18,31H2,1H3,(H,32,36)/p+1/b7-5-/t19-,21-,23-,24-,29+/m0/s1. The fourth-order valence-electron chi connectivity index (χ4n) is 6.05. The first-order chi connectivity index (χ1) is 20.2. The van der Waals surface area contributed by atoms with Crippen LogP contribution < -0.4 is 10.5 Å². The third-order valence-electron chi connectivity index (χ3n) is 9.33. The Labute approximate surface area is 261 Å². The number of carbonyl (C=O) groups excluding carboxylic acids is 3. The zero-order valence-electron chi connectivity index (χ0n) is 24.2. The number of nitrogens with zero attached hydrogens (tertiary/aromatic N) is 1. The summed E-state index contributed by atoms with van der Waals surface area (Å²) in [5.41, 5.74) is 2.77. The van der Waals surface area contributed by atoms with Crippen molar-refractivity contribution in [3.8, 4) is 0 Å². The second-order valence-electron chi connectivity index (χ2n) is 12.6. The van der Waals surface area contributed by atoms with E-state index in [4.69, 9.17) is 4.18 Å². The first kappa shape index (κ1) is 32.3. The molecule has 5 atom stereocenters. The Hall–Kier alpha value is -2.13. The molecule has 14 heteroatoms. The van der Waals surface area contributed by atoms with E-state index in [0.29, 0.717) is 30.2 Å². The van der Waals surface area contributed by atoms with Crippen LogP contribution in [0.3, 0.4) is 0 Å². The van der Waals surface area contributed by atoms with Gasteiger partial charge in [-0.1, -0.05) is 34.5 Å². The van der Waals surface area contributed by atoms with Crippen LogP contribution in [0.15, 0.2) is 45.8 Å². The number of hydrogen-bond donors (Lipinski definition) is 2. The third kappa shape index (κ3) is 6.77. The molecule has 0 bridgehead atoms. The molecule has 5 rings (SSSR count). The van der Waals surface area contributed by atoms with E-state index in [9.17, 15) is 31.2 Å². The van der Waals surface area contributed by atoms with E-state index in [1.807, 2.05) is 12.2 Å². The van der Waals surface area contributed by atoms with Crippen LogP contribution in [0.4, 0.5) is 0 Å². The lowest BCUT2D eigenvalue weighted by molar-refractivity contribution is -0.407. The van der Waals surface area contributed by atoms with Crippen molar-refractivity contribution in [1.29, 1.82) is 0 Å². The summed E-state index contributed by atoms with van der Waals surface area (Å²) in [6.45, 7) is 1.47. The molecule has 2 aliphatic heterocycles. The summed E-state index contributed by atoms with van der Waals surface area (Å²) in [7, 11) is -8.11. The maximum absolute atomic E-state index is 13.9. The number of hydrogen-bond acceptors (Lipinski definition) is 8. The van der Waals surface area contributed by atoms with E-state index in [2.05, 4.69) is 26.4 Å². The third-order valence-corrected chi connectivity index (χ3v) is 13.4. The zero-order chi connectivity index (χ0) is 31.2. The van der Waals surface area contributed by atoms with Crippen LogP contribution in [0, 0.1) is 11.3 Å². The Morgan fingerprint density at radius 2 is 1.79 bits per heavy atom. The Balaban J connectivity index is 1.41. The molecule has 2 aliphatic carbocycles. The number of nitrogens with one attached hydrogen (secondary N) is 1. The number of benzene rings is 1. The van der Waals surface area contributed by atoms with Crippen molar-refractivity contribution in [2.45, 2.75) is 99.0 Å². The van der Waals surface area contributed by atoms with Gasteiger partial charge in [-0.2, -0.15) is 8.42 Å². The zero-order valence-corrected chi connectivity index (χ0v) is 27.4. The molecule has 4 aliphatic rings. The smallest absolute Gasteiger partial charge is 0.297 e. The fraction of sp³-hybridized carbons (Fsp3) is 0.621. The van der Waals surface area contributed by atoms with E-state index in [0.717, 1.165) is 25.7 Å². The quantitative estimate of drug-likeness (QED) is 0.336. The molecule has 1 saturated heterocycles. The van der Waals surface area contributed by atoms with Gasteiger partial charge in [0, 0.05) is 30.3 Å². The average molecular weight is 702 g/mol. The molecule has 43 heavy (non-hydrogen) atoms. The molecular formula is C29H39BrN3O8S2+. The van der Waals surface area contributed by atoms with Gasteiger partial charge in [-0.25, -0.2) is 8.42 Å². The van der Waals surface area contributed by atoms with Gasteiger partial charge in [0.25, 0.3) is 16.0 Å². The number of Topliss-reactive ketones (excluding diaryl/α,β-unsaturated/α-hetero) is 1. The summed E-state index contributed by atoms with van der Waals surface area (Å²) in [4.78, 5) is 42.4. The molecule has 2 heterocycles. The van der Waals surface area contributed by atoms with Gasteiger partial charge in [0.1, 0.15) is 0 Å². The number of carbonyl (C=O) groups is 3. The minimum Gasteiger partial charge on any atom is -0.347 e. The molecule has 1 aromatic carbocycles. The predicted molar refractivity (Wildman–Crippen MR) is 160 cm³/mol. The topological polar surface area (TPSA) is 172 Å². The second-order valence-corrected chi connectivity index (χ2v) is 17.3. The predicted octanol–water partition coefficient (Wildman–Crippen LogP) is 2.22. The summed E-state index contributed by atoms with van der Waals surface area (Å²) in [5.74, 6) is -1.82. The first-order valence-corrected chi connectivity index (χ1v) is 18.4. The molecule has 1 aromatic rings. The minimum absolute atomic E-state index is 0.0540. The summed E-state index contributed by atoms with van der Waals surface area (Å²) in [6.07, 6.45) is 7.60. The Bertz CT molecular complexity index is 1520. The highest BCUT2D eigenvalue weighted by Crippen LogP contribution is 2.57. The molecule has 3 fully saturated rings. The molecular weight excluding hydrogens is 662 g/mol. The number of fused-ring (bicyclic) bond motifs is 2. The van der Waals surface area contributed by atoms with Crippen molar-refractivity contribution in [2.75, 3.05) is 6.54 Å². The largest absolute Gasteiger partial charge is 0.347 e. The van der Waals surface area contributed by atoms with Gasteiger partial charge in [0.2, 0.25) is 15.9 Å². The maximum Gasteiger partial charge on any atom is 0.297 e. The molecule has 11 nitrogen and oxygen atoms in total.